The maximum absolute atomic E-state index is 13.2. The van der Waals surface area contributed by atoms with Crippen molar-refractivity contribution in [2.45, 2.75) is 116 Å². The van der Waals surface area contributed by atoms with Crippen molar-refractivity contribution in [3.05, 3.63) is 130 Å². The van der Waals surface area contributed by atoms with Gasteiger partial charge in [0.15, 0.2) is 22.6 Å². The van der Waals surface area contributed by atoms with Gasteiger partial charge >= 0.3 is 47.9 Å². The van der Waals surface area contributed by atoms with E-state index in [9.17, 15) is 36.2 Å². The van der Waals surface area contributed by atoms with E-state index in [-0.39, 0.29) is 57.0 Å². The molecule has 0 saturated heterocycles. The van der Waals surface area contributed by atoms with Gasteiger partial charge in [-0.3, -0.25) is 4.79 Å². The third-order valence-electron chi connectivity index (χ3n) is 12.3. The Bertz CT molecular complexity index is 3160. The van der Waals surface area contributed by atoms with Crippen LogP contribution < -0.4 is 39.0 Å². The molecule has 0 radical (unpaired) electrons. The maximum atomic E-state index is 13.2. The van der Waals surface area contributed by atoms with Crippen LogP contribution in [0.15, 0.2) is 94.2 Å². The normalized spacial score (nSPS) is 12.1. The van der Waals surface area contributed by atoms with Crippen LogP contribution in [0.1, 0.15) is 101 Å². The zero-order chi connectivity index (χ0) is 49.9. The second kappa shape index (κ2) is 22.6. The number of carboxylic acids is 1. The molecule has 0 atom stereocenters. The summed E-state index contributed by atoms with van der Waals surface area (Å²) in [5.41, 5.74) is 1.68. The molecule has 2 N–H and O–H groups in total. The summed E-state index contributed by atoms with van der Waals surface area (Å²) in [6.07, 6.45) is -1.31. The fourth-order valence-electron chi connectivity index (χ4n) is 8.32. The quantitative estimate of drug-likeness (QED) is 0.0407. The molecule has 372 valence electrons. The molecule has 0 bridgehead atoms. The topological polar surface area (TPSA) is 152 Å². The van der Waals surface area contributed by atoms with Crippen LogP contribution in [0, 0.1) is 6.57 Å². The number of rotatable bonds is 17. The number of carboxylic acid groups (broad SMARTS) is 1. The van der Waals surface area contributed by atoms with Crippen LogP contribution in [0.4, 0.5) is 26.3 Å². The number of aliphatic carboxylic acids is 1. The van der Waals surface area contributed by atoms with Crippen molar-refractivity contribution in [2.75, 3.05) is 13.2 Å². The zero-order valence-corrected chi connectivity index (χ0v) is 42.6. The van der Waals surface area contributed by atoms with E-state index in [1.54, 1.807) is 26.0 Å². The van der Waals surface area contributed by atoms with Gasteiger partial charge in [-0.1, -0.05) is 43.1 Å². The van der Waals surface area contributed by atoms with Gasteiger partial charge in [-0.25, -0.2) is 6.57 Å². The van der Waals surface area contributed by atoms with E-state index in [1.807, 2.05) is 82.6 Å². The Kier molecular flexibility index (Phi) is 17.8. The van der Waals surface area contributed by atoms with E-state index in [2.05, 4.69) is 30.4 Å². The monoisotopic (exact) mass is 997 g/mol. The van der Waals surface area contributed by atoms with Gasteiger partial charge in [0.2, 0.25) is 0 Å². The summed E-state index contributed by atoms with van der Waals surface area (Å²) in [6, 6.07) is 21.6. The van der Waals surface area contributed by atoms with Gasteiger partial charge in [0.1, 0.15) is 11.5 Å². The molecule has 0 aliphatic rings. The van der Waals surface area contributed by atoms with Crippen LogP contribution >= 0.6 is 0 Å². The van der Waals surface area contributed by atoms with Crippen molar-refractivity contribution in [3.8, 4) is 11.5 Å². The van der Waals surface area contributed by atoms with E-state index in [4.69, 9.17) is 25.1 Å². The number of hydrogen-bond acceptors (Lipinski definition) is 8. The molecule has 4 heterocycles. The van der Waals surface area contributed by atoms with Crippen molar-refractivity contribution in [1.29, 1.82) is 0 Å². The second-order valence-corrected chi connectivity index (χ2v) is 18.0. The van der Waals surface area contributed by atoms with Crippen LogP contribution in [-0.2, 0) is 54.0 Å². The van der Waals surface area contributed by atoms with Crippen LogP contribution in [0.3, 0.4) is 0 Å². The molecule has 12 nitrogen and oxygen atoms in total. The third-order valence-corrected chi connectivity index (χ3v) is 12.3. The van der Waals surface area contributed by atoms with Crippen LogP contribution in [0.5, 0.6) is 11.5 Å². The zero-order valence-electron chi connectivity index (χ0n) is 40.6. The fourth-order valence-corrected chi connectivity index (χ4v) is 8.32. The summed E-state index contributed by atoms with van der Waals surface area (Å²) in [4.78, 5) is 15.3. The predicted octanol–water partition coefficient (Wildman–Crippen LogP) is 10.8. The summed E-state index contributed by atoms with van der Waals surface area (Å²) in [6.45, 7) is 20.6. The summed E-state index contributed by atoms with van der Waals surface area (Å²) in [5.74, 6) is 0.152. The van der Waals surface area contributed by atoms with E-state index in [0.717, 1.165) is 45.9 Å². The van der Waals surface area contributed by atoms with E-state index in [0.29, 0.717) is 74.5 Å². The fraction of sp³-hybridized carbons (Fsp3) is 0.385. The molecule has 0 spiro atoms. The van der Waals surface area contributed by atoms with Gasteiger partial charge in [0.25, 0.3) is 5.54 Å². The van der Waals surface area contributed by atoms with E-state index < -0.39 is 40.7 Å². The van der Waals surface area contributed by atoms with Crippen molar-refractivity contribution >= 4 is 49.7 Å². The average Bonchev–Trinajstić information content (AvgIpc) is 4.12. The largest absolute Gasteiger partial charge is 1.00 e. The van der Waals surface area contributed by atoms with Gasteiger partial charge in [-0.2, -0.15) is 26.3 Å². The minimum absolute atomic E-state index is 0. The Labute approximate surface area is 428 Å². The Morgan fingerprint density at radius 3 is 1.49 bits per heavy atom. The molecule has 8 aromatic rings. The van der Waals surface area contributed by atoms with Crippen LogP contribution in [0.25, 0.3) is 48.6 Å². The number of benzene rings is 4. The number of aromatic nitrogens is 4. The first kappa shape index (κ1) is 55.9. The molecular weight excluding hydrogens is 944 g/mol. The predicted molar refractivity (Wildman–Crippen MR) is 252 cm³/mol. The number of alkyl halides is 6. The summed E-state index contributed by atoms with van der Waals surface area (Å²) in [5, 5.41) is 17.9. The smallest absolute Gasteiger partial charge is 0.870 e. The van der Waals surface area contributed by atoms with Gasteiger partial charge in [-0.15, -0.1) is 0 Å². The average molecular weight is 998 g/mol. The molecule has 71 heavy (non-hydrogen) atoms. The molecule has 4 aromatic carbocycles. The molecular formula is C52H54F6N5NaO7. The Morgan fingerprint density at radius 1 is 0.676 bits per heavy atom. The standard InChI is InChI=1S/C26H26F3N3O2.C26H27F3N2O4.Na.H2O/c1-5-7-19-22(11-9-20-23(19)34-31-24(20)26(27,28)29)33-15-6-13-32-14-12-17-16-18(8-10-21(17)32)25(2,3)30-4;1-4-6-18-21(10-8-19-22(18)35-30-23(19)26(27,28)29)34-14-5-12-31-13-11-16-15-17(7-9-20(16)31)25(2,3)24(32)33;;/h8-12,14,16H,5-7,13,15H2,1-3H3;7-11,13,15H,4-6,12,14H2,1-3H3,(H,32,33);;1H2/q;;+1;/p-1. The summed E-state index contributed by atoms with van der Waals surface area (Å²) in [7, 11) is 0. The first-order valence-electron chi connectivity index (χ1n) is 22.7. The Morgan fingerprint density at radius 2 is 1.10 bits per heavy atom. The Balaban J connectivity index is 0.000000257. The van der Waals surface area contributed by atoms with Crippen LogP contribution in [-0.4, -0.2) is 49.2 Å². The first-order valence-corrected chi connectivity index (χ1v) is 22.7. The Hall–Kier alpha value is -6.00. The molecule has 0 aliphatic carbocycles. The maximum Gasteiger partial charge on any atom is 1.00 e. The van der Waals surface area contributed by atoms with Gasteiger partial charge in [0.05, 0.1) is 29.4 Å². The number of nitrogens with zero attached hydrogens (tertiary/aromatic N) is 5. The number of halogens is 6. The minimum atomic E-state index is -4.58. The number of fused-ring (bicyclic) bond motifs is 4. The number of hydrogen-bond donors (Lipinski definition) is 1. The molecule has 0 saturated carbocycles. The van der Waals surface area contributed by atoms with Crippen molar-refractivity contribution in [1.82, 2.24) is 19.4 Å². The molecule has 0 aliphatic heterocycles. The van der Waals surface area contributed by atoms with Gasteiger partial charge in [-0.05, 0) is 117 Å². The van der Waals surface area contributed by atoms with Gasteiger partial charge in [0, 0.05) is 72.4 Å². The van der Waals surface area contributed by atoms with E-state index >= 15 is 0 Å². The SMILES string of the molecule is CCCc1c(OCCCn2ccc3cc(C(C)(C)C(=O)O)ccc32)ccc2c(C(F)(F)F)noc12.[C-]#[N+]C(C)(C)c1ccc2c(ccn2CCCOc2ccc3c(C(F)(F)F)noc3c2CCC)c1.[Na+].[OH-]. The van der Waals surface area contributed by atoms with Crippen LogP contribution in [0.2, 0.25) is 0 Å². The summed E-state index contributed by atoms with van der Waals surface area (Å²) >= 11 is 0. The number of ether oxygens (including phenoxy) is 2. The molecule has 19 heteroatoms. The first-order chi connectivity index (χ1) is 32.7. The van der Waals surface area contributed by atoms with Crippen molar-refractivity contribution in [3.63, 3.8) is 0 Å². The number of aryl methyl sites for hydroxylation is 4. The molecule has 0 fully saturated rings. The molecule has 8 rings (SSSR count). The van der Waals surface area contributed by atoms with Crippen molar-refractivity contribution in [2.24, 2.45) is 0 Å². The molecule has 0 amide bonds. The third kappa shape index (κ3) is 12.0. The van der Waals surface area contributed by atoms with Crippen molar-refractivity contribution < 1.29 is 89.8 Å². The summed E-state index contributed by atoms with van der Waals surface area (Å²) < 4.78 is 105. The molecule has 0 unspecified atom stereocenters. The van der Waals surface area contributed by atoms with Gasteiger partial charge < -0.3 is 43.1 Å². The number of carbonyl (C=O) groups is 1. The second-order valence-electron chi connectivity index (χ2n) is 18.0. The molecule has 4 aromatic heterocycles. The minimum Gasteiger partial charge on any atom is -0.870 e. The van der Waals surface area contributed by atoms with E-state index in [1.165, 1.54) is 12.1 Å².